The molecule has 1 aromatic heterocycles. The summed E-state index contributed by atoms with van der Waals surface area (Å²) < 4.78 is 0. The van der Waals surface area contributed by atoms with Crippen LogP contribution in [0.25, 0.3) is 0 Å². The Hall–Kier alpha value is -1.65. The molecule has 10 heavy (non-hydrogen) atoms. The molecule has 0 aromatic carbocycles. The molecule has 0 radical (unpaired) electrons. The highest BCUT2D eigenvalue weighted by Gasteiger charge is 1.91. The van der Waals surface area contributed by atoms with E-state index in [0.29, 0.717) is 5.69 Å². The van der Waals surface area contributed by atoms with Crippen molar-refractivity contribution in [2.24, 2.45) is 5.16 Å². The molecule has 0 spiro atoms. The third-order valence-electron chi connectivity index (χ3n) is 0.854. The van der Waals surface area contributed by atoms with E-state index in [0.717, 1.165) is 6.21 Å². The van der Waals surface area contributed by atoms with Gasteiger partial charge < -0.3 is 10.3 Å². The Kier molecular flexibility index (Phi) is 1.79. The van der Waals surface area contributed by atoms with Gasteiger partial charge in [0.15, 0.2) is 0 Å². The van der Waals surface area contributed by atoms with Crippen LogP contribution in [0, 0.1) is 0 Å². The molecule has 0 fully saturated rings. The number of aromatic hydroxyl groups is 1. The summed E-state index contributed by atoms with van der Waals surface area (Å²) in [6.07, 6.45) is 2.46. The highest BCUT2D eigenvalue weighted by Crippen LogP contribution is 1.96. The fourth-order valence-electron chi connectivity index (χ4n) is 0.493. The van der Waals surface area contributed by atoms with Gasteiger partial charge in [-0.25, -0.2) is 4.98 Å². The molecule has 1 heterocycles. The maximum absolute atomic E-state index is 8.67. The second-order valence-corrected chi connectivity index (χ2v) is 1.53. The minimum atomic E-state index is -0.336. The zero-order valence-corrected chi connectivity index (χ0v) is 4.97. The molecular weight excluding hydrogens is 134 g/mol. The number of oxime groups is 1. The average Bonchev–Trinajstić information content (AvgIpc) is 1.88. The maximum atomic E-state index is 8.67. The molecular formula is C5H5N3O2. The first-order valence-corrected chi connectivity index (χ1v) is 2.52. The van der Waals surface area contributed by atoms with Gasteiger partial charge in [0.2, 0.25) is 0 Å². The summed E-state index contributed by atoms with van der Waals surface area (Å²) >= 11 is 0. The highest BCUT2D eigenvalue weighted by atomic mass is 16.4. The molecule has 0 aliphatic heterocycles. The third kappa shape index (κ3) is 1.41. The summed E-state index contributed by atoms with van der Waals surface area (Å²) in [5, 5.41) is 19.4. The van der Waals surface area contributed by atoms with Crippen LogP contribution >= 0.6 is 0 Å². The standard InChI is InChI=1S/C5H5N3O2/c9-5-6-2-1-4(8-5)3-7-10/h1-3,10H,(H,6,8,9)/b7-3-. The van der Waals surface area contributed by atoms with Crippen LogP contribution in [0.1, 0.15) is 5.69 Å². The monoisotopic (exact) mass is 139 g/mol. The summed E-state index contributed by atoms with van der Waals surface area (Å²) in [7, 11) is 0. The fraction of sp³-hybridized carbons (Fsp3) is 0. The highest BCUT2D eigenvalue weighted by molar-refractivity contribution is 5.76. The van der Waals surface area contributed by atoms with Gasteiger partial charge in [-0.05, 0) is 6.07 Å². The van der Waals surface area contributed by atoms with Gasteiger partial charge in [-0.3, -0.25) is 0 Å². The Morgan fingerprint density at radius 3 is 3.00 bits per heavy atom. The Morgan fingerprint density at radius 2 is 2.40 bits per heavy atom. The van der Waals surface area contributed by atoms with Crippen LogP contribution in [0.4, 0.5) is 0 Å². The first kappa shape index (κ1) is 6.47. The molecule has 0 aliphatic carbocycles. The van der Waals surface area contributed by atoms with Gasteiger partial charge in [-0.1, -0.05) is 5.16 Å². The Labute approximate surface area is 56.7 Å². The predicted molar refractivity (Wildman–Crippen MR) is 33.1 cm³/mol. The smallest absolute Gasteiger partial charge is 0.314 e. The van der Waals surface area contributed by atoms with Crippen LogP contribution in [0.3, 0.4) is 0 Å². The van der Waals surface area contributed by atoms with Crippen LogP contribution in [0.2, 0.25) is 0 Å². The molecule has 5 heteroatoms. The molecule has 0 aliphatic rings. The number of aromatic nitrogens is 2. The summed E-state index contributed by atoms with van der Waals surface area (Å²) in [6.45, 7) is 0. The number of hydrogen-bond acceptors (Lipinski definition) is 5. The fourth-order valence-corrected chi connectivity index (χ4v) is 0.493. The zero-order chi connectivity index (χ0) is 7.40. The molecule has 0 amide bonds. The van der Waals surface area contributed by atoms with E-state index in [4.69, 9.17) is 10.3 Å². The van der Waals surface area contributed by atoms with Crippen molar-refractivity contribution in [3.63, 3.8) is 0 Å². The Bertz CT molecular complexity index is 248. The van der Waals surface area contributed by atoms with E-state index in [1.54, 1.807) is 0 Å². The zero-order valence-electron chi connectivity index (χ0n) is 4.97. The Morgan fingerprint density at radius 1 is 1.60 bits per heavy atom. The summed E-state index contributed by atoms with van der Waals surface area (Å²) in [5.41, 5.74) is 0.356. The molecule has 0 atom stereocenters. The SMILES string of the molecule is O/N=C\c1ccnc(O)n1. The van der Waals surface area contributed by atoms with E-state index >= 15 is 0 Å². The van der Waals surface area contributed by atoms with Crippen molar-refractivity contribution in [1.82, 2.24) is 9.97 Å². The van der Waals surface area contributed by atoms with Crippen molar-refractivity contribution < 1.29 is 10.3 Å². The van der Waals surface area contributed by atoms with Gasteiger partial charge in [0.25, 0.3) is 0 Å². The lowest BCUT2D eigenvalue weighted by Gasteiger charge is -1.89. The van der Waals surface area contributed by atoms with E-state index in [9.17, 15) is 0 Å². The minimum Gasteiger partial charge on any atom is -0.479 e. The predicted octanol–water partition coefficient (Wildman–Crippen LogP) is -0.00970. The molecule has 1 rings (SSSR count). The molecule has 2 N–H and O–H groups in total. The molecule has 0 saturated heterocycles. The van der Waals surface area contributed by atoms with Gasteiger partial charge in [0.05, 0.1) is 11.9 Å². The largest absolute Gasteiger partial charge is 0.479 e. The third-order valence-corrected chi connectivity index (χ3v) is 0.854. The van der Waals surface area contributed by atoms with Crippen LogP contribution < -0.4 is 0 Å². The van der Waals surface area contributed by atoms with Gasteiger partial charge in [0, 0.05) is 6.20 Å². The second-order valence-electron chi connectivity index (χ2n) is 1.53. The van der Waals surface area contributed by atoms with Crippen molar-refractivity contribution in [1.29, 1.82) is 0 Å². The van der Waals surface area contributed by atoms with Gasteiger partial charge in [-0.2, -0.15) is 4.98 Å². The van der Waals surface area contributed by atoms with Crippen molar-refractivity contribution in [3.8, 4) is 6.01 Å². The number of nitrogens with zero attached hydrogens (tertiary/aromatic N) is 3. The maximum Gasteiger partial charge on any atom is 0.314 e. The topological polar surface area (TPSA) is 78.6 Å². The van der Waals surface area contributed by atoms with Crippen LogP contribution in [0.5, 0.6) is 6.01 Å². The lowest BCUT2D eigenvalue weighted by molar-refractivity contribution is 0.321. The average molecular weight is 139 g/mol. The first-order valence-electron chi connectivity index (χ1n) is 2.52. The number of rotatable bonds is 1. The van der Waals surface area contributed by atoms with Crippen molar-refractivity contribution in [3.05, 3.63) is 18.0 Å². The lowest BCUT2D eigenvalue weighted by Crippen LogP contribution is -1.87. The van der Waals surface area contributed by atoms with Gasteiger partial charge >= 0.3 is 6.01 Å². The van der Waals surface area contributed by atoms with E-state index < -0.39 is 0 Å². The lowest BCUT2D eigenvalue weighted by atomic mass is 10.4. The minimum absolute atomic E-state index is 0.336. The van der Waals surface area contributed by atoms with Crippen LogP contribution in [-0.2, 0) is 0 Å². The molecule has 1 aromatic rings. The van der Waals surface area contributed by atoms with Crippen molar-refractivity contribution in [2.75, 3.05) is 0 Å². The molecule has 52 valence electrons. The van der Waals surface area contributed by atoms with Crippen LogP contribution in [0.15, 0.2) is 17.4 Å². The van der Waals surface area contributed by atoms with Gasteiger partial charge in [-0.15, -0.1) is 0 Å². The van der Waals surface area contributed by atoms with Crippen molar-refractivity contribution >= 4 is 6.21 Å². The van der Waals surface area contributed by atoms with Crippen LogP contribution in [-0.4, -0.2) is 26.5 Å². The molecule has 0 bridgehead atoms. The second kappa shape index (κ2) is 2.77. The normalized spacial score (nSPS) is 10.4. The summed E-state index contributed by atoms with van der Waals surface area (Å²) in [5.74, 6) is 0. The molecule has 5 nitrogen and oxygen atoms in total. The van der Waals surface area contributed by atoms with Crippen molar-refractivity contribution in [2.45, 2.75) is 0 Å². The number of hydrogen-bond donors (Lipinski definition) is 2. The van der Waals surface area contributed by atoms with E-state index in [1.165, 1.54) is 12.3 Å². The molecule has 0 unspecified atom stereocenters. The Balaban J connectivity index is 2.95. The van der Waals surface area contributed by atoms with E-state index in [-0.39, 0.29) is 6.01 Å². The van der Waals surface area contributed by atoms with E-state index in [1.807, 2.05) is 0 Å². The van der Waals surface area contributed by atoms with E-state index in [2.05, 4.69) is 15.1 Å². The van der Waals surface area contributed by atoms with Gasteiger partial charge in [0.1, 0.15) is 0 Å². The summed E-state index contributed by atoms with van der Waals surface area (Å²) in [4.78, 5) is 6.92. The first-order chi connectivity index (χ1) is 4.83. The summed E-state index contributed by atoms with van der Waals surface area (Å²) in [6, 6.07) is 1.16. The molecule has 0 saturated carbocycles. The quantitative estimate of drug-likeness (QED) is 0.326.